The van der Waals surface area contributed by atoms with Crippen LogP contribution in [0.5, 0.6) is 0 Å². The van der Waals surface area contributed by atoms with E-state index < -0.39 is 6.10 Å². The first kappa shape index (κ1) is 16.7. The molecule has 86 valence electrons. The fourth-order valence-corrected chi connectivity index (χ4v) is 1.15. The second-order valence-electron chi connectivity index (χ2n) is 3.22. The summed E-state index contributed by atoms with van der Waals surface area (Å²) in [5, 5.41) is 17.8. The Kier molecular flexibility index (Phi) is 9.54. The van der Waals surface area contributed by atoms with Crippen LogP contribution in [-0.4, -0.2) is 11.2 Å². The van der Waals surface area contributed by atoms with E-state index in [0.29, 0.717) is 0 Å². The molecule has 3 heteroatoms. The molecule has 10 radical (unpaired) electrons. The molecule has 0 aliphatic heterocycles. The van der Waals surface area contributed by atoms with E-state index in [1.54, 1.807) is 12.8 Å². The number of nitriles is 1. The van der Waals surface area contributed by atoms with Gasteiger partial charge in [-0.15, -0.1) is 0 Å². The molecule has 0 saturated heterocycles. The van der Waals surface area contributed by atoms with Gasteiger partial charge in [0, 0.05) is 5.92 Å². The summed E-state index contributed by atoms with van der Waals surface area (Å²) < 4.78 is 0. The molecule has 2 saturated carbocycles. The molecular formula is C14H13FeNO+2. The maximum absolute atomic E-state index is 9.36. The predicted molar refractivity (Wildman–Crippen MR) is 62.7 cm³/mol. The molecule has 0 spiro atoms. The third kappa shape index (κ3) is 6.26. The van der Waals surface area contributed by atoms with Gasteiger partial charge in [-0.25, -0.2) is 0 Å². The van der Waals surface area contributed by atoms with Gasteiger partial charge in [-0.05, 0) is 57.8 Å². The molecule has 0 aromatic rings. The summed E-state index contributed by atoms with van der Waals surface area (Å²) in [4.78, 5) is 0. The Labute approximate surface area is 116 Å². The molecule has 0 aromatic heterocycles. The maximum atomic E-state index is 9.36. The minimum absolute atomic E-state index is 0. The van der Waals surface area contributed by atoms with Crippen molar-refractivity contribution in [1.29, 1.82) is 5.26 Å². The van der Waals surface area contributed by atoms with Crippen LogP contribution in [0, 0.1) is 75.0 Å². The van der Waals surface area contributed by atoms with Crippen molar-refractivity contribution < 1.29 is 22.2 Å². The zero-order chi connectivity index (χ0) is 11.8. The number of aliphatic hydroxyl groups is 1. The second-order valence-corrected chi connectivity index (χ2v) is 3.22. The third-order valence-corrected chi connectivity index (χ3v) is 2.03. The van der Waals surface area contributed by atoms with Crippen LogP contribution in [0.3, 0.4) is 0 Å². The van der Waals surface area contributed by atoms with E-state index in [0.717, 1.165) is 5.92 Å². The van der Waals surface area contributed by atoms with E-state index in [9.17, 15) is 5.11 Å². The van der Waals surface area contributed by atoms with Crippen molar-refractivity contribution in [1.82, 2.24) is 0 Å². The fourth-order valence-electron chi connectivity index (χ4n) is 1.15. The van der Waals surface area contributed by atoms with Crippen LogP contribution in [0.4, 0.5) is 0 Å². The van der Waals surface area contributed by atoms with Gasteiger partial charge in [-0.2, -0.15) is 5.26 Å². The van der Waals surface area contributed by atoms with Gasteiger partial charge in [0.2, 0.25) is 0 Å². The van der Waals surface area contributed by atoms with E-state index in [4.69, 9.17) is 5.26 Å². The van der Waals surface area contributed by atoms with Crippen molar-refractivity contribution in [3.8, 4) is 6.07 Å². The largest absolute Gasteiger partial charge is 2.00 e. The molecule has 0 heterocycles. The first-order valence-corrected chi connectivity index (χ1v) is 4.91. The van der Waals surface area contributed by atoms with Crippen LogP contribution >= 0.6 is 0 Å². The van der Waals surface area contributed by atoms with E-state index in [2.05, 4.69) is 6.58 Å². The summed E-state index contributed by atoms with van der Waals surface area (Å²) in [5.74, 6) is 0.719. The summed E-state index contributed by atoms with van der Waals surface area (Å²) in [6.07, 6.45) is 16.3. The number of nitrogens with zero attached hydrogens (tertiary/aromatic N) is 1. The average Bonchev–Trinajstić information content (AvgIpc) is 3.00. The summed E-state index contributed by atoms with van der Waals surface area (Å²) in [7, 11) is 0. The van der Waals surface area contributed by atoms with E-state index in [1.165, 1.54) is 0 Å². The molecule has 2 aliphatic rings. The van der Waals surface area contributed by atoms with Gasteiger partial charge in [0.15, 0.2) is 0 Å². The number of aliphatic hydroxyl groups excluding tert-OH is 1. The molecular weight excluding hydrogens is 254 g/mol. The van der Waals surface area contributed by atoms with E-state index >= 15 is 0 Å². The fraction of sp³-hybridized carbons (Fsp3) is 0.0714. The zero-order valence-corrected chi connectivity index (χ0v) is 10.3. The van der Waals surface area contributed by atoms with Crippen molar-refractivity contribution in [2.45, 2.75) is 6.10 Å². The third-order valence-electron chi connectivity index (χ3n) is 2.03. The van der Waals surface area contributed by atoms with Gasteiger partial charge >= 0.3 is 17.1 Å². The van der Waals surface area contributed by atoms with Crippen LogP contribution in [0.15, 0.2) is 12.2 Å². The second kappa shape index (κ2) is 9.71. The van der Waals surface area contributed by atoms with Crippen LogP contribution < -0.4 is 0 Å². The SMILES string of the molecule is C=C(C#N)C(O)[C]1[CH][CH][CH][CH]1.[CH]1[CH][CH][CH][CH]1.[Fe+2]. The van der Waals surface area contributed by atoms with Crippen molar-refractivity contribution in [3.63, 3.8) is 0 Å². The first-order valence-electron chi connectivity index (χ1n) is 4.91. The van der Waals surface area contributed by atoms with Crippen molar-refractivity contribution in [2.24, 2.45) is 0 Å². The Morgan fingerprint density at radius 2 is 1.47 bits per heavy atom. The Morgan fingerprint density at radius 1 is 1.06 bits per heavy atom. The summed E-state index contributed by atoms with van der Waals surface area (Å²) >= 11 is 0. The predicted octanol–water partition coefficient (Wildman–Crippen LogP) is 1.85. The van der Waals surface area contributed by atoms with Gasteiger partial charge in [0.05, 0.1) is 17.7 Å². The molecule has 1 N–H and O–H groups in total. The van der Waals surface area contributed by atoms with Crippen LogP contribution in [-0.2, 0) is 17.1 Å². The number of hydrogen-bond acceptors (Lipinski definition) is 2. The van der Waals surface area contributed by atoms with Crippen LogP contribution in [0.25, 0.3) is 0 Å². The molecule has 1 atom stereocenters. The van der Waals surface area contributed by atoms with Crippen molar-refractivity contribution in [2.75, 3.05) is 0 Å². The number of hydrogen-bond donors (Lipinski definition) is 1. The molecule has 1 unspecified atom stereocenters. The summed E-state index contributed by atoms with van der Waals surface area (Å²) in [5.41, 5.74) is 0.177. The Morgan fingerprint density at radius 3 is 1.82 bits per heavy atom. The molecule has 17 heavy (non-hydrogen) atoms. The quantitative estimate of drug-likeness (QED) is 0.613. The van der Waals surface area contributed by atoms with E-state index in [-0.39, 0.29) is 22.6 Å². The molecule has 0 bridgehead atoms. The summed E-state index contributed by atoms with van der Waals surface area (Å²) in [6, 6.07) is 1.81. The van der Waals surface area contributed by atoms with Crippen LogP contribution in [0.2, 0.25) is 0 Å². The molecule has 0 amide bonds. The molecule has 2 rings (SSSR count). The van der Waals surface area contributed by atoms with Gasteiger partial charge in [-0.3, -0.25) is 0 Å². The molecule has 2 aliphatic carbocycles. The normalized spacial score (nSPS) is 20.7. The minimum atomic E-state index is -0.838. The summed E-state index contributed by atoms with van der Waals surface area (Å²) in [6.45, 7) is 3.42. The van der Waals surface area contributed by atoms with Crippen LogP contribution in [0.1, 0.15) is 0 Å². The number of rotatable bonds is 2. The van der Waals surface area contributed by atoms with Gasteiger partial charge in [-0.1, -0.05) is 6.58 Å². The molecule has 2 fully saturated rings. The topological polar surface area (TPSA) is 44.0 Å². The van der Waals surface area contributed by atoms with Crippen molar-refractivity contribution in [3.05, 3.63) is 75.9 Å². The average molecular weight is 267 g/mol. The minimum Gasteiger partial charge on any atom is -0.387 e. The van der Waals surface area contributed by atoms with Gasteiger partial charge < -0.3 is 5.11 Å². The molecule has 0 aromatic carbocycles. The van der Waals surface area contributed by atoms with Crippen molar-refractivity contribution >= 4 is 0 Å². The maximum Gasteiger partial charge on any atom is 2.00 e. The standard InChI is InChI=1S/C9H8NO.C5H5.Fe/c1-7(6-10)9(11)8-4-2-3-5-8;1-2-4-5-3-1;/h2-5,9,11H,1H2;1-5H;/q;;+2. The van der Waals surface area contributed by atoms with Gasteiger partial charge in [0.25, 0.3) is 0 Å². The van der Waals surface area contributed by atoms with Gasteiger partial charge in [0.1, 0.15) is 0 Å². The Hall–Kier alpha value is -0.291. The Balaban J connectivity index is 0.000000360. The van der Waals surface area contributed by atoms with E-state index in [1.807, 2.05) is 51.0 Å². The smallest absolute Gasteiger partial charge is 0.387 e. The Bertz CT molecular complexity index is 242. The first-order chi connectivity index (χ1) is 7.75. The molecule has 2 nitrogen and oxygen atoms in total. The monoisotopic (exact) mass is 267 g/mol. The zero-order valence-electron chi connectivity index (χ0n) is 9.23.